The number of anilines is 2. The van der Waals surface area contributed by atoms with E-state index in [9.17, 15) is 14.4 Å². The van der Waals surface area contributed by atoms with Crippen molar-refractivity contribution in [2.45, 2.75) is 0 Å². The van der Waals surface area contributed by atoms with Crippen molar-refractivity contribution < 1.29 is 19.1 Å². The number of methoxy groups -OCH3 is 1. The van der Waals surface area contributed by atoms with Crippen LogP contribution in [0.15, 0.2) is 72.8 Å². The van der Waals surface area contributed by atoms with Gasteiger partial charge >= 0.3 is 5.97 Å². The van der Waals surface area contributed by atoms with Crippen LogP contribution in [-0.4, -0.2) is 56.0 Å². The largest absolute Gasteiger partial charge is 0.465 e. The van der Waals surface area contributed by atoms with E-state index in [1.54, 1.807) is 42.5 Å². The second-order valence-electron chi connectivity index (χ2n) is 7.83. The lowest BCUT2D eigenvalue weighted by Crippen LogP contribution is -2.49. The van der Waals surface area contributed by atoms with Crippen LogP contribution in [0.3, 0.4) is 0 Å². The number of esters is 1. The Morgan fingerprint density at radius 2 is 1.47 bits per heavy atom. The average Bonchev–Trinajstić information content (AvgIpc) is 2.88. The number of carbonyl (C=O) groups is 3. The Morgan fingerprint density at radius 1 is 0.824 bits per heavy atom. The Kier molecular flexibility index (Phi) is 7.13. The van der Waals surface area contributed by atoms with Crippen molar-refractivity contribution >= 4 is 40.8 Å². The number of hydrogen-bond acceptors (Lipinski definition) is 5. The van der Waals surface area contributed by atoms with Gasteiger partial charge in [0.1, 0.15) is 0 Å². The molecule has 0 aromatic heterocycles. The van der Waals surface area contributed by atoms with Gasteiger partial charge in [-0.15, -0.1) is 0 Å². The Bertz CT molecular complexity index is 1190. The van der Waals surface area contributed by atoms with Crippen LogP contribution < -0.4 is 10.2 Å². The highest BCUT2D eigenvalue weighted by atomic mass is 35.5. The third-order valence-electron chi connectivity index (χ3n) is 5.70. The molecule has 7 nitrogen and oxygen atoms in total. The summed E-state index contributed by atoms with van der Waals surface area (Å²) in [6.45, 7) is 2.24. The fourth-order valence-corrected chi connectivity index (χ4v) is 3.99. The maximum Gasteiger partial charge on any atom is 0.337 e. The first-order valence-electron chi connectivity index (χ1n) is 10.8. The summed E-state index contributed by atoms with van der Waals surface area (Å²) in [7, 11) is 1.31. The van der Waals surface area contributed by atoms with Crippen molar-refractivity contribution in [3.05, 3.63) is 94.5 Å². The minimum Gasteiger partial charge on any atom is -0.465 e. The number of nitrogens with zero attached hydrogens (tertiary/aromatic N) is 2. The van der Waals surface area contributed by atoms with Crippen molar-refractivity contribution in [3.8, 4) is 0 Å². The third-order valence-corrected chi connectivity index (χ3v) is 5.95. The molecule has 0 spiro atoms. The predicted octanol–water partition coefficient (Wildman–Crippen LogP) is 4.34. The molecule has 1 aliphatic rings. The van der Waals surface area contributed by atoms with E-state index in [0.29, 0.717) is 53.6 Å². The minimum atomic E-state index is -0.494. The number of benzene rings is 3. The topological polar surface area (TPSA) is 79.0 Å². The number of nitrogens with one attached hydrogen (secondary N) is 1. The molecule has 8 heteroatoms. The van der Waals surface area contributed by atoms with E-state index in [1.165, 1.54) is 7.11 Å². The average molecular weight is 478 g/mol. The summed E-state index contributed by atoms with van der Waals surface area (Å²) in [5.74, 6) is -0.817. The quantitative estimate of drug-likeness (QED) is 0.553. The van der Waals surface area contributed by atoms with Gasteiger partial charge in [0.15, 0.2) is 0 Å². The van der Waals surface area contributed by atoms with Crippen molar-refractivity contribution in [3.63, 3.8) is 0 Å². The van der Waals surface area contributed by atoms with E-state index in [2.05, 4.69) is 10.2 Å². The highest BCUT2D eigenvalue weighted by Crippen LogP contribution is 2.29. The highest BCUT2D eigenvalue weighted by Gasteiger charge is 2.24. The molecule has 174 valence electrons. The molecule has 1 heterocycles. The molecule has 0 saturated carbocycles. The first-order valence-corrected chi connectivity index (χ1v) is 11.2. The fourth-order valence-electron chi connectivity index (χ4n) is 3.87. The molecule has 0 bridgehead atoms. The molecule has 0 atom stereocenters. The maximum atomic E-state index is 12.9. The van der Waals surface area contributed by atoms with Gasteiger partial charge in [0.05, 0.1) is 24.0 Å². The normalized spacial score (nSPS) is 13.4. The lowest BCUT2D eigenvalue weighted by molar-refractivity contribution is 0.0600. The Balaban J connectivity index is 1.54. The van der Waals surface area contributed by atoms with Gasteiger partial charge in [-0.2, -0.15) is 0 Å². The zero-order valence-corrected chi connectivity index (χ0v) is 19.4. The highest BCUT2D eigenvalue weighted by molar-refractivity contribution is 6.30. The van der Waals surface area contributed by atoms with E-state index in [4.69, 9.17) is 16.3 Å². The van der Waals surface area contributed by atoms with Crippen LogP contribution in [0.25, 0.3) is 0 Å². The van der Waals surface area contributed by atoms with Gasteiger partial charge in [-0.3, -0.25) is 9.59 Å². The third kappa shape index (κ3) is 5.21. The number of piperazine rings is 1. The fraction of sp³-hybridized carbons (Fsp3) is 0.192. The molecule has 1 saturated heterocycles. The van der Waals surface area contributed by atoms with Gasteiger partial charge in [0.2, 0.25) is 0 Å². The summed E-state index contributed by atoms with van der Waals surface area (Å²) < 4.78 is 4.84. The van der Waals surface area contributed by atoms with Gasteiger partial charge in [-0.25, -0.2) is 4.79 Å². The Morgan fingerprint density at radius 3 is 2.12 bits per heavy atom. The van der Waals surface area contributed by atoms with E-state index in [-0.39, 0.29) is 11.8 Å². The second-order valence-corrected chi connectivity index (χ2v) is 8.27. The molecule has 0 radical (unpaired) electrons. The predicted molar refractivity (Wildman–Crippen MR) is 132 cm³/mol. The zero-order valence-electron chi connectivity index (χ0n) is 18.7. The van der Waals surface area contributed by atoms with Crippen molar-refractivity contribution in [1.29, 1.82) is 0 Å². The number of rotatable bonds is 5. The molecule has 1 fully saturated rings. The number of ether oxygens (including phenoxy) is 1. The monoisotopic (exact) mass is 477 g/mol. The summed E-state index contributed by atoms with van der Waals surface area (Å²) in [5, 5.41) is 3.45. The summed E-state index contributed by atoms with van der Waals surface area (Å²) in [6, 6.07) is 20.8. The van der Waals surface area contributed by atoms with E-state index in [1.807, 2.05) is 35.2 Å². The number of halogens is 1. The number of carbonyl (C=O) groups excluding carboxylic acids is 3. The van der Waals surface area contributed by atoms with Crippen LogP contribution >= 0.6 is 11.6 Å². The lowest BCUT2D eigenvalue weighted by atomic mass is 10.1. The van der Waals surface area contributed by atoms with Crippen LogP contribution in [0.1, 0.15) is 31.1 Å². The maximum absolute atomic E-state index is 12.9. The first kappa shape index (κ1) is 23.3. The molecule has 3 aromatic rings. The second kappa shape index (κ2) is 10.4. The molecule has 3 aromatic carbocycles. The molecule has 34 heavy (non-hydrogen) atoms. The summed E-state index contributed by atoms with van der Waals surface area (Å²) in [5.41, 5.74) is 2.69. The smallest absolute Gasteiger partial charge is 0.337 e. The molecule has 4 rings (SSSR count). The summed E-state index contributed by atoms with van der Waals surface area (Å²) in [4.78, 5) is 41.6. The molecular weight excluding hydrogens is 454 g/mol. The van der Waals surface area contributed by atoms with Crippen molar-refractivity contribution in [2.24, 2.45) is 0 Å². The number of amides is 2. The molecule has 0 unspecified atom stereocenters. The minimum absolute atomic E-state index is 0.00226. The summed E-state index contributed by atoms with van der Waals surface area (Å²) >= 11 is 5.93. The Labute approximate surface area is 202 Å². The van der Waals surface area contributed by atoms with Crippen LogP contribution in [0.5, 0.6) is 0 Å². The van der Waals surface area contributed by atoms with Crippen LogP contribution in [0.2, 0.25) is 5.02 Å². The standard InChI is InChI=1S/C26H24ClN3O4/c1-34-26(33)20-9-12-23(22(17-20)28-24(31)18-7-10-21(27)11-8-18)29-13-15-30(16-14-29)25(32)19-5-3-2-4-6-19/h2-12,17H,13-16H2,1H3,(H,28,31). The van der Waals surface area contributed by atoms with Gasteiger partial charge < -0.3 is 19.9 Å². The molecular formula is C26H24ClN3O4. The molecule has 2 amide bonds. The van der Waals surface area contributed by atoms with E-state index >= 15 is 0 Å². The van der Waals surface area contributed by atoms with Crippen LogP contribution in [-0.2, 0) is 4.74 Å². The molecule has 1 N–H and O–H groups in total. The van der Waals surface area contributed by atoms with Gasteiger partial charge in [0.25, 0.3) is 11.8 Å². The number of hydrogen-bond donors (Lipinski definition) is 1. The first-order chi connectivity index (χ1) is 16.5. The van der Waals surface area contributed by atoms with Crippen LogP contribution in [0, 0.1) is 0 Å². The van der Waals surface area contributed by atoms with Gasteiger partial charge in [0, 0.05) is 42.3 Å². The van der Waals surface area contributed by atoms with Gasteiger partial charge in [-0.1, -0.05) is 29.8 Å². The zero-order chi connectivity index (χ0) is 24.1. The van der Waals surface area contributed by atoms with Crippen molar-refractivity contribution in [2.75, 3.05) is 43.5 Å². The van der Waals surface area contributed by atoms with Gasteiger partial charge in [-0.05, 0) is 54.6 Å². The Hall–Kier alpha value is -3.84. The summed E-state index contributed by atoms with van der Waals surface area (Å²) in [6.07, 6.45) is 0. The van der Waals surface area contributed by atoms with E-state index in [0.717, 1.165) is 5.69 Å². The SMILES string of the molecule is COC(=O)c1ccc(N2CCN(C(=O)c3ccccc3)CC2)c(NC(=O)c2ccc(Cl)cc2)c1. The van der Waals surface area contributed by atoms with Crippen molar-refractivity contribution in [1.82, 2.24) is 4.90 Å². The lowest BCUT2D eigenvalue weighted by Gasteiger charge is -2.37. The van der Waals surface area contributed by atoms with E-state index < -0.39 is 5.97 Å². The van der Waals surface area contributed by atoms with Crippen LogP contribution in [0.4, 0.5) is 11.4 Å². The molecule has 1 aliphatic heterocycles. The molecule has 0 aliphatic carbocycles.